The molecule has 0 heterocycles. The Bertz CT molecular complexity index is 871. The fourth-order valence-corrected chi connectivity index (χ4v) is 3.49. The van der Waals surface area contributed by atoms with E-state index in [0.717, 1.165) is 11.5 Å². The summed E-state index contributed by atoms with van der Waals surface area (Å²) in [5.41, 5.74) is 2.04. The molecule has 0 fully saturated rings. The predicted molar refractivity (Wildman–Crippen MR) is 107 cm³/mol. The summed E-state index contributed by atoms with van der Waals surface area (Å²) in [6.07, 6.45) is 1.70. The van der Waals surface area contributed by atoms with Crippen molar-refractivity contribution in [2.75, 3.05) is 19.4 Å². The molecule has 0 unspecified atom stereocenters. The molecule has 0 amide bonds. The number of rotatable bonds is 7. The van der Waals surface area contributed by atoms with Gasteiger partial charge in [0.2, 0.25) is 0 Å². The SMILES string of the molecule is COc1ccc(O)c(C=NCCSCc2cccc3ccccc23)c1. The van der Waals surface area contributed by atoms with Crippen molar-refractivity contribution in [3.63, 3.8) is 0 Å². The van der Waals surface area contributed by atoms with E-state index in [-0.39, 0.29) is 5.75 Å². The Hall–Kier alpha value is -2.46. The third-order valence-corrected chi connectivity index (χ3v) is 4.95. The van der Waals surface area contributed by atoms with Gasteiger partial charge in [-0.2, -0.15) is 11.8 Å². The zero-order valence-corrected chi connectivity index (χ0v) is 15.0. The molecule has 0 aliphatic rings. The van der Waals surface area contributed by atoms with Crippen LogP contribution in [-0.2, 0) is 5.75 Å². The van der Waals surface area contributed by atoms with Crippen LogP contribution in [0.5, 0.6) is 11.5 Å². The molecule has 3 aromatic rings. The number of hydrogen-bond acceptors (Lipinski definition) is 4. The number of aromatic hydroxyl groups is 1. The number of methoxy groups -OCH3 is 1. The minimum Gasteiger partial charge on any atom is -0.507 e. The average molecular weight is 351 g/mol. The largest absolute Gasteiger partial charge is 0.507 e. The van der Waals surface area contributed by atoms with E-state index in [9.17, 15) is 5.11 Å². The average Bonchev–Trinajstić information content (AvgIpc) is 2.66. The number of phenolic OH excluding ortho intramolecular Hbond substituents is 1. The molecule has 4 heteroatoms. The van der Waals surface area contributed by atoms with Crippen LogP contribution in [-0.4, -0.2) is 30.7 Å². The van der Waals surface area contributed by atoms with Crippen LogP contribution < -0.4 is 4.74 Å². The van der Waals surface area contributed by atoms with Gasteiger partial charge < -0.3 is 9.84 Å². The first-order chi connectivity index (χ1) is 12.3. The van der Waals surface area contributed by atoms with Crippen molar-refractivity contribution in [1.29, 1.82) is 0 Å². The molecule has 0 aliphatic heterocycles. The molecule has 0 aliphatic carbocycles. The van der Waals surface area contributed by atoms with E-state index in [1.807, 2.05) is 11.8 Å². The minimum absolute atomic E-state index is 0.216. The highest BCUT2D eigenvalue weighted by molar-refractivity contribution is 7.98. The summed E-state index contributed by atoms with van der Waals surface area (Å²) in [5.74, 6) is 2.84. The van der Waals surface area contributed by atoms with Crippen LogP contribution in [0.25, 0.3) is 10.8 Å². The number of fused-ring (bicyclic) bond motifs is 1. The molecule has 0 saturated heterocycles. The molecule has 0 atom stereocenters. The van der Waals surface area contributed by atoms with Gasteiger partial charge in [-0.15, -0.1) is 0 Å². The van der Waals surface area contributed by atoms with E-state index in [4.69, 9.17) is 4.74 Å². The molecule has 0 radical (unpaired) electrons. The second-order valence-electron chi connectivity index (χ2n) is 5.65. The van der Waals surface area contributed by atoms with Gasteiger partial charge in [-0.25, -0.2) is 0 Å². The maximum atomic E-state index is 9.83. The van der Waals surface area contributed by atoms with E-state index in [0.29, 0.717) is 17.9 Å². The van der Waals surface area contributed by atoms with Gasteiger partial charge in [0.05, 0.1) is 7.11 Å². The highest BCUT2D eigenvalue weighted by Gasteiger charge is 2.01. The summed E-state index contributed by atoms with van der Waals surface area (Å²) in [5, 5.41) is 12.4. The summed E-state index contributed by atoms with van der Waals surface area (Å²) in [7, 11) is 1.61. The number of hydrogen-bond donors (Lipinski definition) is 1. The van der Waals surface area contributed by atoms with Gasteiger partial charge in [0.25, 0.3) is 0 Å². The minimum atomic E-state index is 0.216. The summed E-state index contributed by atoms with van der Waals surface area (Å²) < 4.78 is 5.16. The number of phenols is 1. The molecular formula is C21H21NO2S. The molecule has 0 spiro atoms. The van der Waals surface area contributed by atoms with Crippen LogP contribution in [0.3, 0.4) is 0 Å². The highest BCUT2D eigenvalue weighted by atomic mass is 32.2. The molecule has 25 heavy (non-hydrogen) atoms. The first-order valence-electron chi connectivity index (χ1n) is 8.19. The number of aliphatic imine (C=N–C) groups is 1. The molecule has 1 N–H and O–H groups in total. The first kappa shape index (κ1) is 17.4. The van der Waals surface area contributed by atoms with Gasteiger partial charge >= 0.3 is 0 Å². The van der Waals surface area contributed by atoms with Crippen LogP contribution in [0.15, 0.2) is 65.7 Å². The number of nitrogens with zero attached hydrogens (tertiary/aromatic N) is 1. The Morgan fingerprint density at radius 2 is 1.92 bits per heavy atom. The van der Waals surface area contributed by atoms with Crippen molar-refractivity contribution < 1.29 is 9.84 Å². The fourth-order valence-electron chi connectivity index (χ4n) is 2.64. The zero-order valence-electron chi connectivity index (χ0n) is 14.2. The maximum Gasteiger partial charge on any atom is 0.124 e. The lowest BCUT2D eigenvalue weighted by Crippen LogP contribution is -1.91. The van der Waals surface area contributed by atoms with E-state index in [2.05, 4.69) is 47.5 Å². The lowest BCUT2D eigenvalue weighted by molar-refractivity contribution is 0.412. The number of thioether (sulfide) groups is 1. The van der Waals surface area contributed by atoms with E-state index in [1.54, 1.807) is 31.5 Å². The topological polar surface area (TPSA) is 41.8 Å². The lowest BCUT2D eigenvalue weighted by atomic mass is 10.1. The second kappa shape index (κ2) is 8.58. The smallest absolute Gasteiger partial charge is 0.124 e. The van der Waals surface area contributed by atoms with Crippen molar-refractivity contribution in [1.82, 2.24) is 0 Å². The Morgan fingerprint density at radius 1 is 1.08 bits per heavy atom. The van der Waals surface area contributed by atoms with Gasteiger partial charge in [-0.05, 0) is 34.5 Å². The Morgan fingerprint density at radius 3 is 2.80 bits per heavy atom. The van der Waals surface area contributed by atoms with E-state index < -0.39 is 0 Å². The Kier molecular flexibility index (Phi) is 5.96. The molecule has 0 bridgehead atoms. The molecule has 0 saturated carbocycles. The normalized spacial score (nSPS) is 11.2. The van der Waals surface area contributed by atoms with Gasteiger partial charge in [-0.3, -0.25) is 4.99 Å². The highest BCUT2D eigenvalue weighted by Crippen LogP contribution is 2.23. The summed E-state index contributed by atoms with van der Waals surface area (Å²) in [4.78, 5) is 4.41. The first-order valence-corrected chi connectivity index (χ1v) is 9.34. The van der Waals surface area contributed by atoms with Crippen LogP contribution >= 0.6 is 11.8 Å². The summed E-state index contributed by atoms with van der Waals surface area (Å²) in [6.45, 7) is 0.714. The van der Waals surface area contributed by atoms with Gasteiger partial charge in [0.15, 0.2) is 0 Å². The Labute approximate surface area is 152 Å². The van der Waals surface area contributed by atoms with E-state index >= 15 is 0 Å². The van der Waals surface area contributed by atoms with Crippen molar-refractivity contribution in [2.24, 2.45) is 4.99 Å². The zero-order chi connectivity index (χ0) is 17.5. The van der Waals surface area contributed by atoms with Crippen LogP contribution in [0.4, 0.5) is 0 Å². The predicted octanol–water partition coefficient (Wildman–Crippen LogP) is 4.91. The van der Waals surface area contributed by atoms with Crippen molar-refractivity contribution in [3.8, 4) is 11.5 Å². The monoisotopic (exact) mass is 351 g/mol. The van der Waals surface area contributed by atoms with Crippen LogP contribution in [0, 0.1) is 0 Å². The van der Waals surface area contributed by atoms with Crippen molar-refractivity contribution in [2.45, 2.75) is 5.75 Å². The standard InChI is InChI=1S/C21H21NO2S/c1-24-19-9-10-21(23)18(13-19)14-22-11-12-25-15-17-7-4-6-16-5-2-3-8-20(16)17/h2-10,13-14,23H,11-12,15H2,1H3. The summed E-state index contributed by atoms with van der Waals surface area (Å²) >= 11 is 1.87. The maximum absolute atomic E-state index is 9.83. The molecule has 3 nitrogen and oxygen atoms in total. The van der Waals surface area contributed by atoms with Crippen molar-refractivity contribution in [3.05, 3.63) is 71.8 Å². The van der Waals surface area contributed by atoms with Crippen molar-refractivity contribution >= 4 is 28.7 Å². The number of benzene rings is 3. The fraction of sp³-hybridized carbons (Fsp3) is 0.190. The third kappa shape index (κ3) is 4.54. The number of ether oxygens (including phenoxy) is 1. The summed E-state index contributed by atoms with van der Waals surface area (Å²) in [6, 6.07) is 20.1. The molecule has 3 aromatic carbocycles. The Balaban J connectivity index is 1.52. The molecular weight excluding hydrogens is 330 g/mol. The van der Waals surface area contributed by atoms with Gasteiger partial charge in [-0.1, -0.05) is 42.5 Å². The van der Waals surface area contributed by atoms with Gasteiger partial charge in [0, 0.05) is 29.8 Å². The third-order valence-electron chi connectivity index (χ3n) is 3.97. The second-order valence-corrected chi connectivity index (χ2v) is 6.76. The molecule has 3 rings (SSSR count). The molecule has 128 valence electrons. The lowest BCUT2D eigenvalue weighted by Gasteiger charge is -2.06. The van der Waals surface area contributed by atoms with Crippen LogP contribution in [0.1, 0.15) is 11.1 Å². The van der Waals surface area contributed by atoms with E-state index in [1.165, 1.54) is 16.3 Å². The molecule has 0 aromatic heterocycles. The van der Waals surface area contributed by atoms with Gasteiger partial charge in [0.1, 0.15) is 11.5 Å². The van der Waals surface area contributed by atoms with Crippen LogP contribution in [0.2, 0.25) is 0 Å². The quantitative estimate of drug-likeness (QED) is 0.486.